The van der Waals surface area contributed by atoms with Crippen LogP contribution in [-0.4, -0.2) is 30.9 Å². The molecular weight excluding hydrogens is 254 g/mol. The maximum absolute atomic E-state index is 12.2. The Morgan fingerprint density at radius 1 is 1.25 bits per heavy atom. The fourth-order valence-corrected chi connectivity index (χ4v) is 2.60. The van der Waals surface area contributed by atoms with Crippen molar-refractivity contribution in [3.05, 3.63) is 0 Å². The molecule has 0 heterocycles. The Bertz CT molecular complexity index is 331. The third-order valence-electron chi connectivity index (χ3n) is 3.92. The maximum Gasteiger partial charge on any atom is 0.242 e. The monoisotopic (exact) mass is 283 g/mol. The molecule has 0 spiro atoms. The molecule has 0 aromatic carbocycles. The molecule has 0 aliphatic heterocycles. The van der Waals surface area contributed by atoms with Crippen LogP contribution in [0.5, 0.6) is 0 Å². The van der Waals surface area contributed by atoms with E-state index in [1.807, 2.05) is 13.8 Å². The van der Waals surface area contributed by atoms with E-state index < -0.39 is 6.04 Å². The van der Waals surface area contributed by atoms with Gasteiger partial charge in [0.1, 0.15) is 6.04 Å². The highest BCUT2D eigenvalue weighted by Gasteiger charge is 2.28. The maximum atomic E-state index is 12.2. The van der Waals surface area contributed by atoms with Crippen molar-refractivity contribution in [1.82, 2.24) is 10.6 Å². The zero-order valence-corrected chi connectivity index (χ0v) is 12.9. The number of carbonyl (C=O) groups is 2. The second-order valence-electron chi connectivity index (χ2n) is 6.33. The predicted molar refractivity (Wildman–Crippen MR) is 80.0 cm³/mol. The number of amides is 2. The Morgan fingerprint density at radius 2 is 1.95 bits per heavy atom. The van der Waals surface area contributed by atoms with Crippen molar-refractivity contribution in [3.63, 3.8) is 0 Å². The van der Waals surface area contributed by atoms with Crippen LogP contribution in [0.3, 0.4) is 0 Å². The van der Waals surface area contributed by atoms with Crippen molar-refractivity contribution in [2.45, 2.75) is 52.5 Å². The van der Waals surface area contributed by atoms with Gasteiger partial charge in [-0.25, -0.2) is 0 Å². The molecule has 1 aliphatic rings. The second-order valence-corrected chi connectivity index (χ2v) is 6.33. The molecule has 3 atom stereocenters. The average Bonchev–Trinajstić information content (AvgIpc) is 2.44. The Morgan fingerprint density at radius 3 is 2.55 bits per heavy atom. The highest BCUT2D eigenvalue weighted by Crippen LogP contribution is 2.28. The molecule has 5 nitrogen and oxygen atoms in total. The van der Waals surface area contributed by atoms with E-state index in [-0.39, 0.29) is 17.7 Å². The molecule has 5 heteroatoms. The topological polar surface area (TPSA) is 84.2 Å². The minimum absolute atomic E-state index is 0.00431. The average molecular weight is 283 g/mol. The van der Waals surface area contributed by atoms with Crippen molar-refractivity contribution in [2.75, 3.05) is 13.1 Å². The molecule has 1 rings (SSSR count). The number of carbonyl (C=O) groups excluding carboxylic acids is 2. The van der Waals surface area contributed by atoms with Crippen LogP contribution in [-0.2, 0) is 9.59 Å². The van der Waals surface area contributed by atoms with Crippen LogP contribution in [0.25, 0.3) is 0 Å². The van der Waals surface area contributed by atoms with E-state index in [9.17, 15) is 9.59 Å². The fourth-order valence-electron chi connectivity index (χ4n) is 2.60. The number of hydrogen-bond acceptors (Lipinski definition) is 3. The molecule has 0 radical (unpaired) electrons. The zero-order valence-electron chi connectivity index (χ0n) is 12.9. The normalized spacial score (nSPS) is 24.2. The van der Waals surface area contributed by atoms with Gasteiger partial charge >= 0.3 is 0 Å². The Balaban J connectivity index is 2.38. The highest BCUT2D eigenvalue weighted by atomic mass is 16.2. The second kappa shape index (κ2) is 8.25. The molecule has 0 bridgehead atoms. The molecule has 1 aliphatic carbocycles. The number of rotatable bonds is 6. The molecule has 1 saturated carbocycles. The summed E-state index contributed by atoms with van der Waals surface area (Å²) in [6, 6.07) is -0.473. The summed E-state index contributed by atoms with van der Waals surface area (Å²) in [7, 11) is 0. The molecule has 2 amide bonds. The summed E-state index contributed by atoms with van der Waals surface area (Å²) in [6.45, 7) is 7.10. The molecule has 4 N–H and O–H groups in total. The zero-order chi connectivity index (χ0) is 15.1. The summed E-state index contributed by atoms with van der Waals surface area (Å²) >= 11 is 0. The lowest BCUT2D eigenvalue weighted by Crippen LogP contribution is -2.48. The Labute approximate surface area is 122 Å². The van der Waals surface area contributed by atoms with Gasteiger partial charge in [-0.3, -0.25) is 9.59 Å². The van der Waals surface area contributed by atoms with Crippen LogP contribution in [0.1, 0.15) is 46.5 Å². The summed E-state index contributed by atoms with van der Waals surface area (Å²) in [5.74, 6) is 0.751. The van der Waals surface area contributed by atoms with Crippen LogP contribution in [0.15, 0.2) is 0 Å². The van der Waals surface area contributed by atoms with E-state index >= 15 is 0 Å². The van der Waals surface area contributed by atoms with Crippen LogP contribution in [0.2, 0.25) is 0 Å². The van der Waals surface area contributed by atoms with E-state index in [0.717, 1.165) is 25.7 Å². The van der Waals surface area contributed by atoms with Crippen molar-refractivity contribution in [3.8, 4) is 0 Å². The minimum atomic E-state index is -0.473. The van der Waals surface area contributed by atoms with Crippen molar-refractivity contribution >= 4 is 11.8 Å². The van der Waals surface area contributed by atoms with Gasteiger partial charge in [0.2, 0.25) is 11.8 Å². The van der Waals surface area contributed by atoms with Gasteiger partial charge in [0.25, 0.3) is 0 Å². The summed E-state index contributed by atoms with van der Waals surface area (Å²) < 4.78 is 0. The molecule has 20 heavy (non-hydrogen) atoms. The van der Waals surface area contributed by atoms with Gasteiger partial charge in [-0.05, 0) is 44.6 Å². The third kappa shape index (κ3) is 5.49. The summed E-state index contributed by atoms with van der Waals surface area (Å²) in [6.07, 6.45) is 3.92. The molecule has 3 unspecified atom stereocenters. The first kappa shape index (κ1) is 17.0. The first-order valence-electron chi connectivity index (χ1n) is 7.72. The van der Waals surface area contributed by atoms with Gasteiger partial charge in [0.05, 0.1) is 0 Å². The van der Waals surface area contributed by atoms with Gasteiger partial charge in [0.15, 0.2) is 0 Å². The van der Waals surface area contributed by atoms with Gasteiger partial charge in [-0.2, -0.15) is 0 Å². The highest BCUT2D eigenvalue weighted by molar-refractivity contribution is 5.88. The lowest BCUT2D eigenvalue weighted by atomic mass is 9.81. The number of nitrogens with two attached hydrogens (primary N) is 1. The molecule has 1 fully saturated rings. The lowest BCUT2D eigenvalue weighted by Gasteiger charge is -2.28. The number of nitrogens with one attached hydrogen (secondary N) is 2. The SMILES string of the molecule is CC(C)CNC(=O)C(C)NC(=O)C1CCCC(CN)C1. The van der Waals surface area contributed by atoms with E-state index in [1.165, 1.54) is 0 Å². The van der Waals surface area contributed by atoms with Gasteiger partial charge in [0, 0.05) is 12.5 Å². The van der Waals surface area contributed by atoms with E-state index in [4.69, 9.17) is 5.73 Å². The van der Waals surface area contributed by atoms with Crippen LogP contribution in [0.4, 0.5) is 0 Å². The summed E-state index contributed by atoms with van der Waals surface area (Å²) in [5, 5.41) is 5.66. The first-order valence-corrected chi connectivity index (χ1v) is 7.72. The fraction of sp³-hybridized carbons (Fsp3) is 0.867. The van der Waals surface area contributed by atoms with E-state index in [0.29, 0.717) is 24.9 Å². The van der Waals surface area contributed by atoms with Gasteiger partial charge in [-0.15, -0.1) is 0 Å². The third-order valence-corrected chi connectivity index (χ3v) is 3.92. The van der Waals surface area contributed by atoms with Crippen molar-refractivity contribution in [2.24, 2.45) is 23.5 Å². The summed E-state index contributed by atoms with van der Waals surface area (Å²) in [4.78, 5) is 24.0. The Kier molecular flexibility index (Phi) is 6.99. The molecule has 0 aromatic rings. The molecular formula is C15H29N3O2. The standard InChI is InChI=1S/C15H29N3O2/c1-10(2)9-17-14(19)11(3)18-15(20)13-6-4-5-12(7-13)8-16/h10-13H,4-9,16H2,1-3H3,(H,17,19)(H,18,20). The Hall–Kier alpha value is -1.10. The first-order chi connectivity index (χ1) is 9.43. The summed E-state index contributed by atoms with van der Waals surface area (Å²) in [5.41, 5.74) is 5.69. The van der Waals surface area contributed by atoms with Gasteiger partial charge in [-0.1, -0.05) is 20.3 Å². The van der Waals surface area contributed by atoms with Crippen molar-refractivity contribution in [1.29, 1.82) is 0 Å². The van der Waals surface area contributed by atoms with Crippen molar-refractivity contribution < 1.29 is 9.59 Å². The minimum Gasteiger partial charge on any atom is -0.354 e. The van der Waals surface area contributed by atoms with E-state index in [1.54, 1.807) is 6.92 Å². The molecule has 0 saturated heterocycles. The smallest absolute Gasteiger partial charge is 0.242 e. The van der Waals surface area contributed by atoms with Crippen LogP contribution < -0.4 is 16.4 Å². The molecule has 0 aromatic heterocycles. The molecule has 116 valence electrons. The van der Waals surface area contributed by atoms with E-state index in [2.05, 4.69) is 10.6 Å². The van der Waals surface area contributed by atoms with Crippen LogP contribution in [0, 0.1) is 17.8 Å². The van der Waals surface area contributed by atoms with Gasteiger partial charge < -0.3 is 16.4 Å². The largest absolute Gasteiger partial charge is 0.354 e. The van der Waals surface area contributed by atoms with Crippen LogP contribution >= 0.6 is 0 Å². The lowest BCUT2D eigenvalue weighted by molar-refractivity contribution is -0.131. The quantitative estimate of drug-likeness (QED) is 0.680. The predicted octanol–water partition coefficient (Wildman–Crippen LogP) is 1.03. The number of hydrogen-bond donors (Lipinski definition) is 3.